The largest absolute Gasteiger partial charge is 0.305 e. The first-order valence-corrected chi connectivity index (χ1v) is 10.0. The zero-order chi connectivity index (χ0) is 19.2. The van der Waals surface area contributed by atoms with Crippen molar-refractivity contribution in [3.05, 3.63) is 57.7 Å². The third-order valence-corrected chi connectivity index (χ3v) is 6.16. The minimum atomic E-state index is -0.315. The van der Waals surface area contributed by atoms with E-state index in [-0.39, 0.29) is 17.1 Å². The zero-order valence-corrected chi connectivity index (χ0v) is 16.6. The maximum absolute atomic E-state index is 13.3. The molecular weight excluding hydrogens is 383 g/mol. The second-order valence-electron chi connectivity index (χ2n) is 7.11. The first kappa shape index (κ1) is 17.8. The van der Waals surface area contributed by atoms with Crippen LogP contribution >= 0.6 is 22.7 Å². The standard InChI is InChI=1S/C19H17FN4OS2/c1-19(2,3)17-21-10-13(27-17)16(25)23-15-14(11-4-6-12(20)7-5-11)22-18-24(15)8-9-26-18/h4-10H,1-3H3,(H,23,25). The second-order valence-corrected chi connectivity index (χ2v) is 9.01. The Hall–Kier alpha value is -2.58. The van der Waals surface area contributed by atoms with Crippen molar-refractivity contribution in [3.8, 4) is 11.3 Å². The van der Waals surface area contributed by atoms with Gasteiger partial charge < -0.3 is 5.32 Å². The summed E-state index contributed by atoms with van der Waals surface area (Å²) in [7, 11) is 0. The molecule has 0 saturated carbocycles. The van der Waals surface area contributed by atoms with Crippen LogP contribution in [-0.2, 0) is 5.41 Å². The molecule has 4 rings (SSSR count). The molecular formula is C19H17FN4OS2. The summed E-state index contributed by atoms with van der Waals surface area (Å²) in [4.78, 5) is 23.1. The van der Waals surface area contributed by atoms with E-state index in [1.165, 1.54) is 34.8 Å². The molecule has 5 nitrogen and oxygen atoms in total. The van der Waals surface area contributed by atoms with E-state index >= 15 is 0 Å². The lowest BCUT2D eigenvalue weighted by Gasteiger charge is -2.13. The van der Waals surface area contributed by atoms with Gasteiger partial charge in [0.05, 0.1) is 11.2 Å². The van der Waals surface area contributed by atoms with Crippen LogP contribution in [0.25, 0.3) is 16.2 Å². The number of nitrogens with one attached hydrogen (secondary N) is 1. The molecule has 1 aromatic carbocycles. The average molecular weight is 401 g/mol. The molecule has 8 heteroatoms. The fourth-order valence-electron chi connectivity index (χ4n) is 2.61. The molecule has 0 atom stereocenters. The maximum Gasteiger partial charge on any atom is 0.268 e. The first-order chi connectivity index (χ1) is 12.8. The summed E-state index contributed by atoms with van der Waals surface area (Å²) in [5.74, 6) is 0.0117. The number of carbonyl (C=O) groups is 1. The molecule has 0 aliphatic heterocycles. The molecule has 0 spiro atoms. The molecule has 0 radical (unpaired) electrons. The second kappa shape index (κ2) is 6.54. The van der Waals surface area contributed by atoms with Crippen molar-refractivity contribution in [1.82, 2.24) is 14.4 Å². The summed E-state index contributed by atoms with van der Waals surface area (Å²) in [6.45, 7) is 6.18. The van der Waals surface area contributed by atoms with E-state index < -0.39 is 0 Å². The minimum Gasteiger partial charge on any atom is -0.305 e. The van der Waals surface area contributed by atoms with Crippen molar-refractivity contribution < 1.29 is 9.18 Å². The Labute approximate surface area is 163 Å². The first-order valence-electron chi connectivity index (χ1n) is 8.32. The Morgan fingerprint density at radius 1 is 1.22 bits per heavy atom. The van der Waals surface area contributed by atoms with Crippen LogP contribution in [0.4, 0.5) is 10.2 Å². The Kier molecular flexibility index (Phi) is 4.32. The number of nitrogens with zero attached hydrogens (tertiary/aromatic N) is 3. The third-order valence-electron chi connectivity index (χ3n) is 3.98. The van der Waals surface area contributed by atoms with Gasteiger partial charge in [-0.1, -0.05) is 20.8 Å². The molecule has 1 amide bonds. The predicted octanol–water partition coefficient (Wildman–Crippen LogP) is 5.21. The van der Waals surface area contributed by atoms with Gasteiger partial charge in [0.25, 0.3) is 5.91 Å². The average Bonchev–Trinajstić information content (AvgIpc) is 3.31. The number of halogens is 1. The highest BCUT2D eigenvalue weighted by Gasteiger charge is 2.22. The molecule has 3 heterocycles. The van der Waals surface area contributed by atoms with Crippen LogP contribution in [0, 0.1) is 5.82 Å². The van der Waals surface area contributed by atoms with Gasteiger partial charge in [0.1, 0.15) is 22.2 Å². The Morgan fingerprint density at radius 3 is 2.63 bits per heavy atom. The highest BCUT2D eigenvalue weighted by atomic mass is 32.1. The summed E-state index contributed by atoms with van der Waals surface area (Å²) < 4.78 is 15.1. The van der Waals surface area contributed by atoms with Crippen LogP contribution in [0.2, 0.25) is 0 Å². The predicted molar refractivity (Wildman–Crippen MR) is 107 cm³/mol. The SMILES string of the molecule is CC(C)(C)c1ncc(C(=O)Nc2c(-c3ccc(F)cc3)nc3sccn23)s1. The van der Waals surface area contributed by atoms with Crippen LogP contribution in [-0.4, -0.2) is 20.3 Å². The zero-order valence-electron chi connectivity index (χ0n) is 15.0. The number of anilines is 1. The van der Waals surface area contributed by atoms with Crippen LogP contribution < -0.4 is 5.32 Å². The quantitative estimate of drug-likeness (QED) is 0.514. The number of rotatable bonds is 3. The molecule has 27 heavy (non-hydrogen) atoms. The number of imidazole rings is 1. The van der Waals surface area contributed by atoms with Crippen molar-refractivity contribution in [2.24, 2.45) is 0 Å². The summed E-state index contributed by atoms with van der Waals surface area (Å²) in [5, 5.41) is 5.76. The third kappa shape index (κ3) is 3.38. The van der Waals surface area contributed by atoms with E-state index in [9.17, 15) is 9.18 Å². The summed E-state index contributed by atoms with van der Waals surface area (Å²) in [6, 6.07) is 6.07. The molecule has 0 unspecified atom stereocenters. The molecule has 0 saturated heterocycles. The summed E-state index contributed by atoms with van der Waals surface area (Å²) in [6.07, 6.45) is 3.45. The smallest absolute Gasteiger partial charge is 0.268 e. The normalized spacial score (nSPS) is 11.9. The Bertz CT molecular complexity index is 1120. The van der Waals surface area contributed by atoms with Crippen LogP contribution in [0.5, 0.6) is 0 Å². The van der Waals surface area contributed by atoms with Crippen molar-refractivity contribution in [2.45, 2.75) is 26.2 Å². The minimum absolute atomic E-state index is 0.111. The van der Waals surface area contributed by atoms with E-state index in [1.54, 1.807) is 18.3 Å². The van der Waals surface area contributed by atoms with Gasteiger partial charge in [-0.15, -0.1) is 22.7 Å². The van der Waals surface area contributed by atoms with Gasteiger partial charge in [-0.2, -0.15) is 0 Å². The molecule has 138 valence electrons. The maximum atomic E-state index is 13.3. The van der Waals surface area contributed by atoms with Crippen LogP contribution in [0.1, 0.15) is 35.5 Å². The number of hydrogen-bond acceptors (Lipinski definition) is 5. The number of benzene rings is 1. The number of fused-ring (bicyclic) bond motifs is 1. The van der Waals surface area contributed by atoms with E-state index in [2.05, 4.69) is 36.1 Å². The van der Waals surface area contributed by atoms with Gasteiger partial charge in [0.2, 0.25) is 0 Å². The molecule has 4 aromatic rings. The van der Waals surface area contributed by atoms with Crippen LogP contribution in [0.3, 0.4) is 0 Å². The fraction of sp³-hybridized carbons (Fsp3) is 0.211. The van der Waals surface area contributed by atoms with E-state index in [0.717, 1.165) is 15.5 Å². The lowest BCUT2D eigenvalue weighted by molar-refractivity contribution is 0.103. The lowest BCUT2D eigenvalue weighted by Crippen LogP contribution is -2.12. The summed E-state index contributed by atoms with van der Waals surface area (Å²) >= 11 is 2.85. The van der Waals surface area contributed by atoms with Crippen LogP contribution in [0.15, 0.2) is 42.0 Å². The molecule has 0 fully saturated rings. The summed E-state index contributed by atoms with van der Waals surface area (Å²) in [5.41, 5.74) is 1.23. The Balaban J connectivity index is 1.71. The fourth-order valence-corrected chi connectivity index (χ4v) is 4.19. The molecule has 3 aromatic heterocycles. The topological polar surface area (TPSA) is 59.3 Å². The monoisotopic (exact) mass is 400 g/mol. The number of carbonyl (C=O) groups excluding carboxylic acids is 1. The van der Waals surface area contributed by atoms with Gasteiger partial charge in [-0.25, -0.2) is 14.4 Å². The van der Waals surface area contributed by atoms with E-state index in [1.807, 2.05) is 16.0 Å². The molecule has 0 bridgehead atoms. The van der Waals surface area contributed by atoms with Gasteiger partial charge in [0.15, 0.2) is 4.96 Å². The highest BCUT2D eigenvalue weighted by molar-refractivity contribution is 7.15. The molecule has 0 aliphatic rings. The number of amides is 1. The van der Waals surface area contributed by atoms with E-state index in [4.69, 9.17) is 0 Å². The van der Waals surface area contributed by atoms with Crippen molar-refractivity contribution in [1.29, 1.82) is 0 Å². The van der Waals surface area contributed by atoms with Gasteiger partial charge in [-0.3, -0.25) is 9.20 Å². The molecule has 0 aliphatic carbocycles. The number of hydrogen-bond donors (Lipinski definition) is 1. The van der Waals surface area contributed by atoms with Crippen molar-refractivity contribution in [3.63, 3.8) is 0 Å². The van der Waals surface area contributed by atoms with Crippen molar-refractivity contribution >= 4 is 39.4 Å². The Morgan fingerprint density at radius 2 is 1.96 bits per heavy atom. The van der Waals surface area contributed by atoms with Gasteiger partial charge >= 0.3 is 0 Å². The highest BCUT2D eigenvalue weighted by Crippen LogP contribution is 2.32. The molecule has 1 N–H and O–H groups in total. The number of thiazole rings is 2. The number of aromatic nitrogens is 3. The lowest BCUT2D eigenvalue weighted by atomic mass is 9.98. The van der Waals surface area contributed by atoms with Gasteiger partial charge in [0, 0.05) is 22.6 Å². The van der Waals surface area contributed by atoms with Crippen molar-refractivity contribution in [2.75, 3.05) is 5.32 Å². The van der Waals surface area contributed by atoms with Gasteiger partial charge in [-0.05, 0) is 24.3 Å². The van der Waals surface area contributed by atoms with E-state index in [0.29, 0.717) is 16.4 Å².